The number of carbonyl (C=O) groups excluding carboxylic acids is 2. The van der Waals surface area contributed by atoms with Gasteiger partial charge in [-0.05, 0) is 26.2 Å². The Morgan fingerprint density at radius 2 is 1.79 bits per heavy atom. The molecule has 0 saturated carbocycles. The van der Waals surface area contributed by atoms with Crippen molar-refractivity contribution < 1.29 is 19.5 Å². The first-order valence-corrected chi connectivity index (χ1v) is 6.69. The molecule has 3 atom stereocenters. The Labute approximate surface area is 112 Å². The zero-order chi connectivity index (χ0) is 14.2. The second-order valence-electron chi connectivity index (χ2n) is 5.50. The van der Waals surface area contributed by atoms with Crippen LogP contribution in [-0.4, -0.2) is 33.3 Å². The minimum absolute atomic E-state index is 0.284. The maximum Gasteiger partial charge on any atom is 0.329 e. The highest BCUT2D eigenvalue weighted by molar-refractivity contribution is 6.09. The number of hydrogen-bond acceptors (Lipinski definition) is 3. The van der Waals surface area contributed by atoms with Crippen LogP contribution in [0.25, 0.3) is 0 Å². The number of nitrogens with zero attached hydrogens (tertiary/aromatic N) is 1. The summed E-state index contributed by atoms with van der Waals surface area (Å²) in [7, 11) is 0. The number of aliphatic carboxylic acids is 1. The van der Waals surface area contributed by atoms with Gasteiger partial charge in [0.1, 0.15) is 5.54 Å². The number of carboxylic acid groups (broad SMARTS) is 1. The van der Waals surface area contributed by atoms with Gasteiger partial charge in [0.05, 0.1) is 11.8 Å². The molecule has 104 valence electrons. The van der Waals surface area contributed by atoms with E-state index >= 15 is 0 Å². The van der Waals surface area contributed by atoms with Crippen molar-refractivity contribution in [3.8, 4) is 0 Å². The van der Waals surface area contributed by atoms with Crippen LogP contribution in [0.4, 0.5) is 0 Å². The van der Waals surface area contributed by atoms with Gasteiger partial charge in [0.2, 0.25) is 11.8 Å². The Hall–Kier alpha value is -1.65. The van der Waals surface area contributed by atoms with E-state index in [1.54, 1.807) is 0 Å². The molecule has 2 rings (SSSR count). The molecule has 2 aliphatic rings. The summed E-state index contributed by atoms with van der Waals surface area (Å²) in [5, 5.41) is 9.43. The topological polar surface area (TPSA) is 74.7 Å². The van der Waals surface area contributed by atoms with E-state index in [1.807, 2.05) is 19.1 Å². The molecule has 1 aliphatic heterocycles. The molecule has 0 spiro atoms. The quantitative estimate of drug-likeness (QED) is 0.618. The molecule has 1 N–H and O–H groups in total. The van der Waals surface area contributed by atoms with Crippen LogP contribution in [0.2, 0.25) is 0 Å². The van der Waals surface area contributed by atoms with E-state index in [0.717, 1.165) is 4.90 Å². The lowest BCUT2D eigenvalue weighted by molar-refractivity contribution is -0.163. The molecule has 19 heavy (non-hydrogen) atoms. The number of carbonyl (C=O) groups is 3. The van der Waals surface area contributed by atoms with Gasteiger partial charge in [-0.3, -0.25) is 14.5 Å². The van der Waals surface area contributed by atoms with E-state index in [2.05, 4.69) is 0 Å². The SMILES string of the molecule is CCCC(C)(C(=O)O)N1C(=O)[C@H]2CC=CC[C@H]2C1=O. The summed E-state index contributed by atoms with van der Waals surface area (Å²) in [6.45, 7) is 3.32. The minimum atomic E-state index is -1.42. The van der Waals surface area contributed by atoms with Gasteiger partial charge < -0.3 is 5.11 Å². The number of carboxylic acids is 1. The minimum Gasteiger partial charge on any atom is -0.479 e. The molecule has 1 saturated heterocycles. The Balaban J connectivity index is 2.37. The average molecular weight is 265 g/mol. The number of likely N-dealkylation sites (tertiary alicyclic amines) is 1. The lowest BCUT2D eigenvalue weighted by Gasteiger charge is -2.33. The summed E-state index contributed by atoms with van der Waals surface area (Å²) < 4.78 is 0. The van der Waals surface area contributed by atoms with E-state index in [4.69, 9.17) is 0 Å². The molecule has 0 bridgehead atoms. The zero-order valence-electron chi connectivity index (χ0n) is 11.3. The maximum atomic E-state index is 12.4. The summed E-state index contributed by atoms with van der Waals surface area (Å²) in [6.07, 6.45) is 5.75. The lowest BCUT2D eigenvalue weighted by Crippen LogP contribution is -2.55. The highest BCUT2D eigenvalue weighted by Crippen LogP contribution is 2.39. The summed E-state index contributed by atoms with van der Waals surface area (Å²) in [5.41, 5.74) is -1.42. The van der Waals surface area contributed by atoms with Crippen LogP contribution in [0.1, 0.15) is 39.5 Å². The molecular weight excluding hydrogens is 246 g/mol. The predicted octanol–water partition coefficient (Wildman–Crippen LogP) is 1.58. The van der Waals surface area contributed by atoms with Crippen LogP contribution >= 0.6 is 0 Å². The monoisotopic (exact) mass is 265 g/mol. The second kappa shape index (κ2) is 4.79. The summed E-state index contributed by atoms with van der Waals surface area (Å²) in [6, 6.07) is 0. The van der Waals surface area contributed by atoms with E-state index in [1.165, 1.54) is 6.92 Å². The van der Waals surface area contributed by atoms with Crippen molar-refractivity contribution in [1.82, 2.24) is 4.90 Å². The fourth-order valence-corrected chi connectivity index (χ4v) is 3.09. The number of rotatable bonds is 4. The fraction of sp³-hybridized carbons (Fsp3) is 0.643. The molecular formula is C14H19NO4. The summed E-state index contributed by atoms with van der Waals surface area (Å²) in [4.78, 5) is 37.3. The second-order valence-corrected chi connectivity index (χ2v) is 5.50. The first-order chi connectivity index (χ1) is 8.93. The third-order valence-corrected chi connectivity index (χ3v) is 4.20. The standard InChI is InChI=1S/C14H19NO4/c1-3-8-14(2,13(18)19)15-11(16)9-6-4-5-7-10(9)12(15)17/h4-5,9-10H,3,6-8H2,1-2H3,(H,18,19)/t9-,10+,14?. The van der Waals surface area contributed by atoms with Gasteiger partial charge in [0.25, 0.3) is 0 Å². The first kappa shape index (κ1) is 13.8. The number of fused-ring (bicyclic) bond motifs is 1. The molecule has 5 heteroatoms. The normalized spacial score (nSPS) is 29.3. The number of allylic oxidation sites excluding steroid dienone is 2. The van der Waals surface area contributed by atoms with E-state index in [9.17, 15) is 19.5 Å². The van der Waals surface area contributed by atoms with Gasteiger partial charge in [-0.15, -0.1) is 0 Å². The molecule has 1 heterocycles. The third-order valence-electron chi connectivity index (χ3n) is 4.20. The molecule has 0 aromatic rings. The van der Waals surface area contributed by atoms with Crippen LogP contribution in [0, 0.1) is 11.8 Å². The van der Waals surface area contributed by atoms with Crippen molar-refractivity contribution in [1.29, 1.82) is 0 Å². The Kier molecular flexibility index (Phi) is 3.47. The van der Waals surface area contributed by atoms with E-state index < -0.39 is 11.5 Å². The van der Waals surface area contributed by atoms with E-state index in [0.29, 0.717) is 19.3 Å². The van der Waals surface area contributed by atoms with Crippen LogP contribution in [0.5, 0.6) is 0 Å². The third kappa shape index (κ3) is 1.97. The van der Waals surface area contributed by atoms with Crippen LogP contribution in [-0.2, 0) is 14.4 Å². The molecule has 1 unspecified atom stereocenters. The molecule has 0 aromatic heterocycles. The Bertz CT molecular complexity index is 430. The molecule has 2 amide bonds. The first-order valence-electron chi connectivity index (χ1n) is 6.69. The Morgan fingerprint density at radius 1 is 1.32 bits per heavy atom. The van der Waals surface area contributed by atoms with Gasteiger partial charge in [-0.25, -0.2) is 4.79 Å². The van der Waals surface area contributed by atoms with Crippen LogP contribution in [0.3, 0.4) is 0 Å². The van der Waals surface area contributed by atoms with Crippen molar-refractivity contribution >= 4 is 17.8 Å². The van der Waals surface area contributed by atoms with Gasteiger partial charge in [-0.2, -0.15) is 0 Å². The van der Waals surface area contributed by atoms with Crippen molar-refractivity contribution in [3.63, 3.8) is 0 Å². The van der Waals surface area contributed by atoms with Gasteiger partial charge >= 0.3 is 5.97 Å². The van der Waals surface area contributed by atoms with Crippen molar-refractivity contribution in [2.75, 3.05) is 0 Å². The fourth-order valence-electron chi connectivity index (χ4n) is 3.09. The summed E-state index contributed by atoms with van der Waals surface area (Å²) >= 11 is 0. The van der Waals surface area contributed by atoms with E-state index in [-0.39, 0.29) is 30.1 Å². The number of amides is 2. The van der Waals surface area contributed by atoms with Crippen LogP contribution in [0.15, 0.2) is 12.2 Å². The maximum absolute atomic E-state index is 12.4. The predicted molar refractivity (Wildman–Crippen MR) is 68.2 cm³/mol. The molecule has 1 aliphatic carbocycles. The largest absolute Gasteiger partial charge is 0.479 e. The highest BCUT2D eigenvalue weighted by atomic mass is 16.4. The molecule has 5 nitrogen and oxygen atoms in total. The lowest BCUT2D eigenvalue weighted by atomic mass is 9.85. The smallest absolute Gasteiger partial charge is 0.329 e. The molecule has 0 aromatic carbocycles. The molecule has 0 radical (unpaired) electrons. The van der Waals surface area contributed by atoms with Crippen molar-refractivity contribution in [3.05, 3.63) is 12.2 Å². The van der Waals surface area contributed by atoms with Crippen molar-refractivity contribution in [2.45, 2.75) is 45.1 Å². The highest BCUT2D eigenvalue weighted by Gasteiger charge is 2.55. The zero-order valence-corrected chi connectivity index (χ0v) is 11.3. The van der Waals surface area contributed by atoms with Gasteiger partial charge in [0.15, 0.2) is 0 Å². The Morgan fingerprint density at radius 3 is 2.16 bits per heavy atom. The van der Waals surface area contributed by atoms with Crippen molar-refractivity contribution in [2.24, 2.45) is 11.8 Å². The number of imide groups is 1. The number of hydrogen-bond donors (Lipinski definition) is 1. The molecule has 1 fully saturated rings. The average Bonchev–Trinajstić information content (AvgIpc) is 2.63. The summed E-state index contributed by atoms with van der Waals surface area (Å²) in [5.74, 6) is -2.49. The van der Waals surface area contributed by atoms with Crippen LogP contribution < -0.4 is 0 Å². The van der Waals surface area contributed by atoms with Gasteiger partial charge in [0, 0.05) is 0 Å². The van der Waals surface area contributed by atoms with Gasteiger partial charge in [-0.1, -0.05) is 25.5 Å².